The predicted octanol–water partition coefficient (Wildman–Crippen LogP) is 21.1. The van der Waals surface area contributed by atoms with Gasteiger partial charge in [0.1, 0.15) is 0 Å². The van der Waals surface area contributed by atoms with E-state index in [2.05, 4.69) is 306 Å². The van der Waals surface area contributed by atoms with Crippen LogP contribution in [-0.4, -0.2) is 0 Å². The fourth-order valence-electron chi connectivity index (χ4n) is 12.8. The van der Waals surface area contributed by atoms with Crippen molar-refractivity contribution in [1.29, 1.82) is 0 Å². The predicted molar refractivity (Wildman–Crippen MR) is 332 cm³/mol. The summed E-state index contributed by atoms with van der Waals surface area (Å²) < 4.78 is 0. The second-order valence-corrected chi connectivity index (χ2v) is 20.8. The Bertz CT molecular complexity index is 4120. The van der Waals surface area contributed by atoms with Crippen LogP contribution in [0.3, 0.4) is 0 Å². The van der Waals surface area contributed by atoms with Gasteiger partial charge in [-0.1, -0.05) is 225 Å². The number of hydrogen-bond acceptors (Lipinski definition) is 3. The summed E-state index contributed by atoms with van der Waals surface area (Å²) in [6, 6.07) is 107. The van der Waals surface area contributed by atoms with Crippen molar-refractivity contribution in [3.05, 3.63) is 314 Å². The van der Waals surface area contributed by atoms with Crippen LogP contribution in [0.4, 0.5) is 51.2 Å². The highest BCUT2D eigenvalue weighted by Gasteiger charge is 2.30. The number of benzene rings is 12. The Morgan fingerprint density at radius 2 is 0.481 bits per heavy atom. The third kappa shape index (κ3) is 7.73. The van der Waals surface area contributed by atoms with Crippen molar-refractivity contribution in [2.24, 2.45) is 0 Å². The highest BCUT2D eigenvalue weighted by Crippen LogP contribution is 2.54. The van der Waals surface area contributed by atoms with E-state index in [4.69, 9.17) is 6.58 Å². The maximum absolute atomic E-state index is 5.00. The van der Waals surface area contributed by atoms with Crippen LogP contribution < -0.4 is 14.7 Å². The monoisotopic (exact) mass is 1010 g/mol. The van der Waals surface area contributed by atoms with Gasteiger partial charge in [0.05, 0.1) is 34.1 Å². The average molecular weight is 1010 g/mol. The van der Waals surface area contributed by atoms with Gasteiger partial charge >= 0.3 is 0 Å². The van der Waals surface area contributed by atoms with Crippen molar-refractivity contribution in [1.82, 2.24) is 0 Å². The Hall–Kier alpha value is -10.2. The summed E-state index contributed by atoms with van der Waals surface area (Å²) in [6.45, 7) is 5.00. The maximum Gasteiger partial charge on any atom is 0.0540 e. The zero-order valence-corrected chi connectivity index (χ0v) is 43.5. The molecule has 3 aliphatic rings. The van der Waals surface area contributed by atoms with Crippen LogP contribution in [-0.2, 0) is 6.42 Å². The molecule has 372 valence electrons. The van der Waals surface area contributed by atoms with Crippen molar-refractivity contribution in [2.75, 3.05) is 14.7 Å². The van der Waals surface area contributed by atoms with E-state index >= 15 is 0 Å². The quantitative estimate of drug-likeness (QED) is 0.150. The first-order valence-corrected chi connectivity index (χ1v) is 27.4. The number of anilines is 9. The van der Waals surface area contributed by atoms with Gasteiger partial charge in [-0.3, -0.25) is 0 Å². The molecule has 3 aliphatic heterocycles. The molecule has 0 spiro atoms. The van der Waals surface area contributed by atoms with E-state index in [1.807, 2.05) is 0 Å². The second kappa shape index (κ2) is 19.1. The van der Waals surface area contributed by atoms with Crippen LogP contribution in [0, 0.1) is 0 Å². The van der Waals surface area contributed by atoms with E-state index in [0.29, 0.717) is 0 Å². The molecule has 0 aromatic heterocycles. The molecule has 0 amide bonds. The van der Waals surface area contributed by atoms with Crippen molar-refractivity contribution in [2.45, 2.75) is 12.3 Å². The van der Waals surface area contributed by atoms with Crippen LogP contribution in [0.2, 0.25) is 0 Å². The summed E-state index contributed by atoms with van der Waals surface area (Å²) in [7, 11) is 0. The molecule has 0 aliphatic carbocycles. The zero-order valence-electron chi connectivity index (χ0n) is 43.5. The lowest BCUT2D eigenvalue weighted by atomic mass is 9.83. The summed E-state index contributed by atoms with van der Waals surface area (Å²) in [4.78, 5) is 7.29. The van der Waals surface area contributed by atoms with Gasteiger partial charge in [-0.2, -0.15) is 0 Å². The van der Waals surface area contributed by atoms with Crippen molar-refractivity contribution in [3.63, 3.8) is 0 Å². The van der Waals surface area contributed by atoms with Crippen molar-refractivity contribution < 1.29 is 0 Å². The summed E-state index contributed by atoms with van der Waals surface area (Å²) >= 11 is 0. The molecule has 0 radical (unpaired) electrons. The van der Waals surface area contributed by atoms with E-state index < -0.39 is 0 Å². The van der Waals surface area contributed by atoms with Gasteiger partial charge in [0.15, 0.2) is 0 Å². The Morgan fingerprint density at radius 1 is 0.253 bits per heavy atom. The van der Waals surface area contributed by atoms with Crippen molar-refractivity contribution in [3.8, 4) is 66.8 Å². The molecule has 0 saturated carbocycles. The Balaban J connectivity index is 0.820. The third-order valence-electron chi connectivity index (χ3n) is 16.5. The summed E-state index contributed by atoms with van der Waals surface area (Å²) in [5.41, 5.74) is 29.6. The van der Waals surface area contributed by atoms with E-state index in [1.54, 1.807) is 0 Å². The zero-order chi connectivity index (χ0) is 52.4. The Labute approximate surface area is 462 Å². The standard InChI is InChI=1S/C76H53N3/c1-51(53-40-46-56(47-41-53)78-73-34-16-10-28-66(73)60-22-4-5-23-61(60)67-29-11-17-35-74(67)78)70(54-42-48-57(49-43-54)79-75-36-18-12-30-68(75)62-24-6-7-25-63(62)69-31-13-19-37-76(69)79)50-52-38-44-55(45-39-52)77-71-32-14-8-26-64(71)58-20-2-3-21-59(58)65-27-9-15-33-72(65)77/h2-49,70H,1,50H2. The molecular formula is C76H53N3. The van der Waals surface area contributed by atoms with Gasteiger partial charge in [-0.25, -0.2) is 0 Å². The number of allylic oxidation sites excluding steroid dienone is 1. The minimum absolute atomic E-state index is 0.0398. The molecule has 3 heteroatoms. The summed E-state index contributed by atoms with van der Waals surface area (Å²) in [5, 5.41) is 0. The number of para-hydroxylation sites is 6. The molecule has 1 unspecified atom stereocenters. The first kappa shape index (κ1) is 46.1. The van der Waals surface area contributed by atoms with Gasteiger partial charge in [0.25, 0.3) is 0 Å². The first-order chi connectivity index (χ1) is 39.1. The van der Waals surface area contributed by atoms with Crippen LogP contribution in [0.25, 0.3) is 72.3 Å². The number of fused-ring (bicyclic) bond motifs is 15. The van der Waals surface area contributed by atoms with Gasteiger partial charge < -0.3 is 14.7 Å². The van der Waals surface area contributed by atoms with Gasteiger partial charge in [-0.15, -0.1) is 0 Å². The molecule has 0 fully saturated rings. The molecule has 79 heavy (non-hydrogen) atoms. The SMILES string of the molecule is C=C(c1ccc(N2c3ccccc3-c3ccccc3-c3ccccc32)cc1)C(Cc1ccc(N2c3ccccc3-c3ccccc3-c3ccccc32)cc1)c1ccc(N2c3ccccc3-c3ccccc3-c3ccccc32)cc1. The molecule has 1 atom stereocenters. The van der Waals surface area contributed by atoms with E-state index in [-0.39, 0.29) is 5.92 Å². The van der Waals surface area contributed by atoms with Crippen LogP contribution in [0.1, 0.15) is 22.6 Å². The third-order valence-corrected chi connectivity index (χ3v) is 16.5. The lowest BCUT2D eigenvalue weighted by Crippen LogP contribution is -2.12. The minimum atomic E-state index is -0.0398. The molecule has 3 nitrogen and oxygen atoms in total. The van der Waals surface area contributed by atoms with E-state index in [1.165, 1.54) is 77.9 Å². The maximum atomic E-state index is 5.00. The summed E-state index contributed by atoms with van der Waals surface area (Å²) in [6.07, 6.45) is 0.759. The Morgan fingerprint density at radius 3 is 0.759 bits per heavy atom. The number of rotatable bonds is 8. The molecule has 0 N–H and O–H groups in total. The van der Waals surface area contributed by atoms with E-state index in [9.17, 15) is 0 Å². The van der Waals surface area contributed by atoms with Gasteiger partial charge in [0.2, 0.25) is 0 Å². The lowest BCUT2D eigenvalue weighted by Gasteiger charge is -2.29. The fraction of sp³-hybridized carbons (Fsp3) is 0.0263. The minimum Gasteiger partial charge on any atom is -0.309 e. The molecule has 15 rings (SSSR count). The molecular weight excluding hydrogens is 955 g/mol. The lowest BCUT2D eigenvalue weighted by molar-refractivity contribution is 0.855. The molecule has 0 saturated heterocycles. The largest absolute Gasteiger partial charge is 0.309 e. The molecule has 3 heterocycles. The smallest absolute Gasteiger partial charge is 0.0540 e. The molecule has 12 aromatic rings. The molecule has 12 aromatic carbocycles. The second-order valence-electron chi connectivity index (χ2n) is 20.8. The summed E-state index contributed by atoms with van der Waals surface area (Å²) in [5.74, 6) is -0.0398. The van der Waals surface area contributed by atoms with Gasteiger partial charge in [0, 0.05) is 56.4 Å². The normalized spacial score (nSPS) is 12.8. The van der Waals surface area contributed by atoms with Crippen LogP contribution >= 0.6 is 0 Å². The number of nitrogens with zero attached hydrogens (tertiary/aromatic N) is 3. The average Bonchev–Trinajstić information content (AvgIpc) is 4.07. The molecule has 0 bridgehead atoms. The fourth-order valence-corrected chi connectivity index (χ4v) is 12.8. The topological polar surface area (TPSA) is 9.72 Å². The first-order valence-electron chi connectivity index (χ1n) is 27.4. The van der Waals surface area contributed by atoms with Crippen LogP contribution in [0.5, 0.6) is 0 Å². The van der Waals surface area contributed by atoms with Crippen molar-refractivity contribution >= 4 is 56.8 Å². The Kier molecular flexibility index (Phi) is 11.2. The number of hydrogen-bond donors (Lipinski definition) is 0. The highest BCUT2D eigenvalue weighted by atomic mass is 15.2. The van der Waals surface area contributed by atoms with Gasteiger partial charge in [-0.05, 0) is 135 Å². The van der Waals surface area contributed by atoms with Crippen LogP contribution in [0.15, 0.2) is 298 Å². The van der Waals surface area contributed by atoms with E-state index in [0.717, 1.165) is 68.7 Å². The highest BCUT2D eigenvalue weighted by molar-refractivity contribution is 6.05.